The van der Waals surface area contributed by atoms with Crippen LogP contribution in [-0.4, -0.2) is 36.1 Å². The van der Waals surface area contributed by atoms with Gasteiger partial charge < -0.3 is 9.88 Å². The maximum atomic E-state index is 13.3. The van der Waals surface area contributed by atoms with E-state index in [1.165, 1.54) is 0 Å². The highest BCUT2D eigenvalue weighted by Crippen LogP contribution is 2.36. The summed E-state index contributed by atoms with van der Waals surface area (Å²) in [6, 6.07) is 10.3. The van der Waals surface area contributed by atoms with Gasteiger partial charge in [0, 0.05) is 31.2 Å². The van der Waals surface area contributed by atoms with Crippen LogP contribution in [0.4, 0.5) is 0 Å². The van der Waals surface area contributed by atoms with Crippen LogP contribution in [0.2, 0.25) is 0 Å². The van der Waals surface area contributed by atoms with E-state index < -0.39 is 0 Å². The first-order valence-electron chi connectivity index (χ1n) is 11.5. The average Bonchev–Trinajstić information content (AvgIpc) is 3.73. The Morgan fingerprint density at radius 1 is 1.03 bits per heavy atom. The molecular weight excluding hydrogens is 404 g/mol. The van der Waals surface area contributed by atoms with Gasteiger partial charge in [0.25, 0.3) is 0 Å². The molecule has 8 nitrogen and oxygen atoms in total. The summed E-state index contributed by atoms with van der Waals surface area (Å²) in [5.41, 5.74) is 3.76. The van der Waals surface area contributed by atoms with Gasteiger partial charge >= 0.3 is 5.69 Å². The third kappa shape index (κ3) is 3.39. The number of carbonyl (C=O) groups is 1. The second kappa shape index (κ2) is 7.62. The molecule has 0 radical (unpaired) electrons. The topological polar surface area (TPSA) is 86.7 Å². The third-order valence-corrected chi connectivity index (χ3v) is 6.52. The molecule has 32 heavy (non-hydrogen) atoms. The lowest BCUT2D eigenvalue weighted by Crippen LogP contribution is -2.27. The van der Waals surface area contributed by atoms with Crippen molar-refractivity contribution in [3.05, 3.63) is 59.0 Å². The van der Waals surface area contributed by atoms with Crippen LogP contribution in [0.1, 0.15) is 44.0 Å². The predicted octanol–water partition coefficient (Wildman–Crippen LogP) is 2.85. The molecule has 8 heteroatoms. The number of aryl methyl sites for hydroxylation is 1. The molecule has 1 N–H and O–H groups in total. The number of fused-ring (bicyclic) bond motifs is 2. The fourth-order valence-electron chi connectivity index (χ4n) is 4.54. The van der Waals surface area contributed by atoms with Gasteiger partial charge in [-0.05, 0) is 50.3 Å². The maximum absolute atomic E-state index is 13.3. The number of nitrogens with zero attached hydrogens (tertiary/aromatic N) is 5. The summed E-state index contributed by atoms with van der Waals surface area (Å²) in [7, 11) is 0. The number of aromatic nitrogens is 5. The lowest BCUT2D eigenvalue weighted by Gasteiger charge is -2.11. The molecule has 2 aliphatic carbocycles. The Kier molecular flexibility index (Phi) is 4.59. The molecule has 0 spiro atoms. The van der Waals surface area contributed by atoms with E-state index in [1.807, 2.05) is 28.8 Å². The van der Waals surface area contributed by atoms with Crippen LogP contribution in [0.3, 0.4) is 0 Å². The number of imidazole rings is 2. The number of benzene rings is 1. The zero-order valence-electron chi connectivity index (χ0n) is 17.9. The molecule has 0 saturated heterocycles. The number of hydrogen-bond donors (Lipinski definition) is 1. The lowest BCUT2D eigenvalue weighted by molar-refractivity contribution is -0.122. The highest BCUT2D eigenvalue weighted by atomic mass is 16.2. The first-order chi connectivity index (χ1) is 15.7. The fraction of sp³-hybridized carbons (Fsp3) is 0.417. The van der Waals surface area contributed by atoms with Crippen LogP contribution < -0.4 is 11.0 Å². The number of amides is 1. The van der Waals surface area contributed by atoms with Gasteiger partial charge in [-0.25, -0.2) is 9.78 Å². The molecule has 4 aromatic rings. The molecule has 0 unspecified atom stereocenters. The highest BCUT2D eigenvalue weighted by molar-refractivity contribution is 5.80. The standard InChI is InChI=1S/C24H26N6O2/c31-23(16-6-7-16)26-11-3-13-28-19-5-2-1-4-18(19)27-22(28)15-29-21-14-25-12-10-20(21)30(24(29)32)17-8-9-17/h1-2,4-5,10,12,14,16-17H,3,6-9,11,13,15H2,(H,26,31). The molecule has 3 aromatic heterocycles. The van der Waals surface area contributed by atoms with E-state index in [-0.39, 0.29) is 17.5 Å². The summed E-state index contributed by atoms with van der Waals surface area (Å²) >= 11 is 0. The molecule has 2 fully saturated rings. The smallest absolute Gasteiger partial charge is 0.329 e. The van der Waals surface area contributed by atoms with Crippen LogP contribution in [0, 0.1) is 5.92 Å². The SMILES string of the molecule is O=C(NCCCn1c(Cn2c(=O)n(C3CC3)c3ccncc32)nc2ccccc21)C1CC1. The van der Waals surface area contributed by atoms with Gasteiger partial charge in [-0.15, -0.1) is 0 Å². The van der Waals surface area contributed by atoms with Gasteiger partial charge in [-0.3, -0.25) is 18.9 Å². The third-order valence-electron chi connectivity index (χ3n) is 6.52. The molecule has 0 aliphatic heterocycles. The van der Waals surface area contributed by atoms with Crippen molar-refractivity contribution in [2.75, 3.05) is 6.54 Å². The number of para-hydroxylation sites is 2. The van der Waals surface area contributed by atoms with E-state index in [0.717, 1.165) is 66.5 Å². The first kappa shape index (κ1) is 19.3. The molecule has 6 rings (SSSR count). The second-order valence-electron chi connectivity index (χ2n) is 8.92. The summed E-state index contributed by atoms with van der Waals surface area (Å²) in [5.74, 6) is 1.25. The molecule has 3 heterocycles. The zero-order chi connectivity index (χ0) is 21.7. The van der Waals surface area contributed by atoms with E-state index in [0.29, 0.717) is 19.1 Å². The minimum Gasteiger partial charge on any atom is -0.356 e. The highest BCUT2D eigenvalue weighted by Gasteiger charge is 2.30. The van der Waals surface area contributed by atoms with Crippen molar-refractivity contribution in [2.24, 2.45) is 5.92 Å². The number of nitrogens with one attached hydrogen (secondary N) is 1. The Bertz CT molecular complexity index is 1370. The maximum Gasteiger partial charge on any atom is 0.329 e. The largest absolute Gasteiger partial charge is 0.356 e. The van der Waals surface area contributed by atoms with Crippen molar-refractivity contribution in [2.45, 2.75) is 51.2 Å². The van der Waals surface area contributed by atoms with Crippen molar-refractivity contribution >= 4 is 28.0 Å². The Labute approximate surface area is 184 Å². The van der Waals surface area contributed by atoms with Crippen molar-refractivity contribution < 1.29 is 4.79 Å². The molecule has 0 bridgehead atoms. The Balaban J connectivity index is 1.32. The summed E-state index contributed by atoms with van der Waals surface area (Å²) in [5, 5.41) is 3.04. The average molecular weight is 431 g/mol. The predicted molar refractivity (Wildman–Crippen MR) is 121 cm³/mol. The Morgan fingerprint density at radius 2 is 1.88 bits per heavy atom. The zero-order valence-corrected chi connectivity index (χ0v) is 17.9. The summed E-state index contributed by atoms with van der Waals surface area (Å²) in [6.07, 6.45) is 8.46. The minimum atomic E-state index is 0.00537. The van der Waals surface area contributed by atoms with Gasteiger partial charge in [0.05, 0.1) is 34.8 Å². The minimum absolute atomic E-state index is 0.00537. The van der Waals surface area contributed by atoms with Crippen molar-refractivity contribution in [3.8, 4) is 0 Å². The van der Waals surface area contributed by atoms with Crippen molar-refractivity contribution in [1.82, 2.24) is 29.0 Å². The van der Waals surface area contributed by atoms with E-state index in [9.17, 15) is 9.59 Å². The van der Waals surface area contributed by atoms with Crippen molar-refractivity contribution in [1.29, 1.82) is 0 Å². The molecule has 2 aliphatic rings. The van der Waals surface area contributed by atoms with Crippen LogP contribution in [0.25, 0.3) is 22.1 Å². The Morgan fingerprint density at radius 3 is 2.69 bits per heavy atom. The molecular formula is C24H26N6O2. The van der Waals surface area contributed by atoms with E-state index >= 15 is 0 Å². The monoisotopic (exact) mass is 430 g/mol. The summed E-state index contributed by atoms with van der Waals surface area (Å²) < 4.78 is 5.90. The first-order valence-corrected chi connectivity index (χ1v) is 11.5. The number of hydrogen-bond acceptors (Lipinski definition) is 4. The molecule has 0 atom stereocenters. The number of pyridine rings is 1. The second-order valence-corrected chi connectivity index (χ2v) is 8.92. The van der Waals surface area contributed by atoms with Crippen LogP contribution in [0.15, 0.2) is 47.5 Å². The van der Waals surface area contributed by atoms with Gasteiger partial charge in [-0.2, -0.15) is 0 Å². The van der Waals surface area contributed by atoms with E-state index in [4.69, 9.17) is 4.98 Å². The van der Waals surface area contributed by atoms with Crippen LogP contribution in [0.5, 0.6) is 0 Å². The molecule has 1 aromatic carbocycles. The molecule has 164 valence electrons. The van der Waals surface area contributed by atoms with Crippen LogP contribution >= 0.6 is 0 Å². The van der Waals surface area contributed by atoms with E-state index in [1.54, 1.807) is 17.0 Å². The molecule has 2 saturated carbocycles. The van der Waals surface area contributed by atoms with Gasteiger partial charge in [0.1, 0.15) is 5.82 Å². The number of carbonyl (C=O) groups excluding carboxylic acids is 1. The summed E-state index contributed by atoms with van der Waals surface area (Å²) in [6.45, 7) is 1.77. The summed E-state index contributed by atoms with van der Waals surface area (Å²) in [4.78, 5) is 34.4. The van der Waals surface area contributed by atoms with Crippen molar-refractivity contribution in [3.63, 3.8) is 0 Å². The quantitative estimate of drug-likeness (QED) is 0.436. The fourth-order valence-corrected chi connectivity index (χ4v) is 4.54. The normalized spacial score (nSPS) is 16.1. The number of rotatable bonds is 8. The van der Waals surface area contributed by atoms with E-state index in [2.05, 4.69) is 20.9 Å². The molecule has 1 amide bonds. The van der Waals surface area contributed by atoms with Gasteiger partial charge in [-0.1, -0.05) is 12.1 Å². The lowest BCUT2D eigenvalue weighted by atomic mass is 10.3. The van der Waals surface area contributed by atoms with Gasteiger partial charge in [0.15, 0.2) is 0 Å². The van der Waals surface area contributed by atoms with Gasteiger partial charge in [0.2, 0.25) is 5.91 Å². The van der Waals surface area contributed by atoms with Crippen LogP contribution in [-0.2, 0) is 17.9 Å². The Hall–Kier alpha value is -3.42.